The van der Waals surface area contributed by atoms with Gasteiger partial charge in [-0.15, -0.1) is 0 Å². The van der Waals surface area contributed by atoms with E-state index in [2.05, 4.69) is 28.5 Å². The van der Waals surface area contributed by atoms with Crippen LogP contribution in [0.1, 0.15) is 11.1 Å². The van der Waals surface area contributed by atoms with Gasteiger partial charge < -0.3 is 10.1 Å². The molecule has 0 unspecified atom stereocenters. The van der Waals surface area contributed by atoms with Gasteiger partial charge in [0, 0.05) is 19.0 Å². The first-order valence-corrected chi connectivity index (χ1v) is 5.58. The van der Waals surface area contributed by atoms with Crippen LogP contribution in [0.3, 0.4) is 0 Å². The first-order valence-electron chi connectivity index (χ1n) is 5.58. The second-order valence-electron chi connectivity index (χ2n) is 3.80. The second kappa shape index (κ2) is 5.34. The Kier molecular flexibility index (Phi) is 3.60. The lowest BCUT2D eigenvalue weighted by Gasteiger charge is -2.09. The number of anilines is 1. The molecule has 0 bridgehead atoms. The number of hydrogen-bond acceptors (Lipinski definition) is 3. The van der Waals surface area contributed by atoms with Crippen LogP contribution < -0.4 is 10.1 Å². The molecule has 0 saturated heterocycles. The smallest absolute Gasteiger partial charge is 0.216 e. The summed E-state index contributed by atoms with van der Waals surface area (Å²) in [4.78, 5) is 4.28. The van der Waals surface area contributed by atoms with Crippen molar-refractivity contribution in [2.45, 2.75) is 6.42 Å². The molecule has 0 spiro atoms. The topological polar surface area (TPSA) is 34.2 Å². The Morgan fingerprint density at radius 2 is 2.00 bits per heavy atom. The van der Waals surface area contributed by atoms with Gasteiger partial charge in [-0.25, -0.2) is 4.98 Å². The summed E-state index contributed by atoms with van der Waals surface area (Å²) < 4.78 is 5.28. The number of ether oxygens (including phenoxy) is 1. The average Bonchev–Trinajstić information content (AvgIpc) is 2.40. The van der Waals surface area contributed by atoms with Crippen molar-refractivity contribution in [3.63, 3.8) is 0 Å². The average molecular weight is 228 g/mol. The second-order valence-corrected chi connectivity index (χ2v) is 3.80. The molecule has 0 fully saturated rings. The van der Waals surface area contributed by atoms with E-state index >= 15 is 0 Å². The molecular weight excluding hydrogens is 212 g/mol. The maximum Gasteiger partial charge on any atom is 0.216 e. The quantitative estimate of drug-likeness (QED) is 0.873. The Labute approximate surface area is 101 Å². The van der Waals surface area contributed by atoms with Crippen LogP contribution in [0.4, 0.5) is 5.69 Å². The van der Waals surface area contributed by atoms with E-state index < -0.39 is 0 Å². The fourth-order valence-electron chi connectivity index (χ4n) is 1.76. The molecule has 0 aliphatic rings. The Morgan fingerprint density at radius 3 is 2.65 bits per heavy atom. The van der Waals surface area contributed by atoms with Crippen LogP contribution in [0, 0.1) is 0 Å². The zero-order valence-corrected chi connectivity index (χ0v) is 10.1. The van der Waals surface area contributed by atoms with Crippen LogP contribution in [-0.4, -0.2) is 19.1 Å². The lowest BCUT2D eigenvalue weighted by Crippen LogP contribution is -1.99. The first kappa shape index (κ1) is 11.5. The molecular formula is C14H16N2O. The van der Waals surface area contributed by atoms with Crippen LogP contribution in [0.15, 0.2) is 42.6 Å². The molecule has 17 heavy (non-hydrogen) atoms. The Morgan fingerprint density at radius 1 is 1.24 bits per heavy atom. The van der Waals surface area contributed by atoms with Crippen molar-refractivity contribution < 1.29 is 4.74 Å². The van der Waals surface area contributed by atoms with Gasteiger partial charge in [0.05, 0.1) is 19.0 Å². The third-order valence-electron chi connectivity index (χ3n) is 2.64. The highest BCUT2D eigenvalue weighted by Crippen LogP contribution is 2.22. The van der Waals surface area contributed by atoms with Gasteiger partial charge in [0.25, 0.3) is 0 Å². The summed E-state index contributed by atoms with van der Waals surface area (Å²) in [7, 11) is 3.53. The Balaban J connectivity index is 2.30. The van der Waals surface area contributed by atoms with E-state index in [1.54, 1.807) is 13.3 Å². The molecule has 3 heteroatoms. The van der Waals surface area contributed by atoms with Gasteiger partial charge in [-0.05, 0) is 11.6 Å². The van der Waals surface area contributed by atoms with Crippen molar-refractivity contribution in [1.82, 2.24) is 4.98 Å². The number of pyridine rings is 1. The molecule has 2 rings (SSSR count). The Bertz CT molecular complexity index is 483. The normalized spacial score (nSPS) is 10.0. The van der Waals surface area contributed by atoms with Crippen molar-refractivity contribution in [3.8, 4) is 5.88 Å². The SMILES string of the molecule is CNc1cnc(OC)c(Cc2ccccc2)c1. The van der Waals surface area contributed by atoms with Crippen molar-refractivity contribution in [3.05, 3.63) is 53.7 Å². The third kappa shape index (κ3) is 2.75. The molecule has 1 aromatic heterocycles. The third-order valence-corrected chi connectivity index (χ3v) is 2.64. The van der Waals surface area contributed by atoms with Crippen molar-refractivity contribution in [2.24, 2.45) is 0 Å². The maximum absolute atomic E-state index is 5.28. The summed E-state index contributed by atoms with van der Waals surface area (Å²) in [5.74, 6) is 0.688. The summed E-state index contributed by atoms with van der Waals surface area (Å²) in [6, 6.07) is 12.4. The van der Waals surface area contributed by atoms with E-state index in [0.29, 0.717) is 5.88 Å². The van der Waals surface area contributed by atoms with E-state index in [-0.39, 0.29) is 0 Å². The summed E-state index contributed by atoms with van der Waals surface area (Å²) in [5, 5.41) is 3.09. The maximum atomic E-state index is 5.28. The minimum atomic E-state index is 0.688. The Hall–Kier alpha value is -2.03. The van der Waals surface area contributed by atoms with Crippen LogP contribution in [-0.2, 0) is 6.42 Å². The zero-order valence-electron chi connectivity index (χ0n) is 10.1. The number of rotatable bonds is 4. The molecule has 1 heterocycles. The van der Waals surface area contributed by atoms with Crippen LogP contribution >= 0.6 is 0 Å². The van der Waals surface area contributed by atoms with E-state index in [0.717, 1.165) is 17.7 Å². The fraction of sp³-hybridized carbons (Fsp3) is 0.214. The van der Waals surface area contributed by atoms with E-state index in [4.69, 9.17) is 4.74 Å². The number of benzene rings is 1. The van der Waals surface area contributed by atoms with Gasteiger partial charge >= 0.3 is 0 Å². The molecule has 2 aromatic rings. The van der Waals surface area contributed by atoms with Gasteiger partial charge in [0.1, 0.15) is 0 Å². The summed E-state index contributed by atoms with van der Waals surface area (Å²) in [5.41, 5.74) is 3.34. The summed E-state index contributed by atoms with van der Waals surface area (Å²) in [6.07, 6.45) is 2.60. The van der Waals surface area contributed by atoms with E-state index in [1.165, 1.54) is 5.56 Å². The van der Waals surface area contributed by atoms with Crippen molar-refractivity contribution in [2.75, 3.05) is 19.5 Å². The van der Waals surface area contributed by atoms with Crippen LogP contribution in [0.2, 0.25) is 0 Å². The van der Waals surface area contributed by atoms with Gasteiger partial charge in [0.2, 0.25) is 5.88 Å². The largest absolute Gasteiger partial charge is 0.481 e. The lowest BCUT2D eigenvalue weighted by molar-refractivity contribution is 0.393. The predicted molar refractivity (Wildman–Crippen MR) is 69.6 cm³/mol. The molecule has 0 amide bonds. The van der Waals surface area contributed by atoms with Crippen molar-refractivity contribution >= 4 is 5.69 Å². The molecule has 0 aliphatic carbocycles. The molecule has 0 aliphatic heterocycles. The molecule has 0 saturated carbocycles. The number of hydrogen-bond donors (Lipinski definition) is 1. The highest BCUT2D eigenvalue weighted by molar-refractivity contribution is 5.47. The van der Waals surface area contributed by atoms with Gasteiger partial charge in [-0.1, -0.05) is 30.3 Å². The standard InChI is InChI=1S/C14H16N2O/c1-15-13-9-12(14(17-2)16-10-13)8-11-6-4-3-5-7-11/h3-7,9-10,15H,8H2,1-2H3. The molecule has 88 valence electrons. The molecule has 0 atom stereocenters. The predicted octanol–water partition coefficient (Wildman–Crippen LogP) is 2.72. The number of aromatic nitrogens is 1. The number of nitrogens with zero attached hydrogens (tertiary/aromatic N) is 1. The van der Waals surface area contributed by atoms with Gasteiger partial charge in [-0.3, -0.25) is 0 Å². The van der Waals surface area contributed by atoms with Crippen LogP contribution in [0.5, 0.6) is 5.88 Å². The summed E-state index contributed by atoms with van der Waals surface area (Å²) >= 11 is 0. The fourth-order valence-corrected chi connectivity index (χ4v) is 1.76. The van der Waals surface area contributed by atoms with Crippen LogP contribution in [0.25, 0.3) is 0 Å². The monoisotopic (exact) mass is 228 g/mol. The minimum Gasteiger partial charge on any atom is -0.481 e. The molecule has 3 nitrogen and oxygen atoms in total. The first-order chi connectivity index (χ1) is 8.33. The molecule has 1 N–H and O–H groups in total. The van der Waals surface area contributed by atoms with E-state index in [1.807, 2.05) is 25.2 Å². The summed E-state index contributed by atoms with van der Waals surface area (Å²) in [6.45, 7) is 0. The molecule has 1 aromatic carbocycles. The zero-order chi connectivity index (χ0) is 12.1. The number of nitrogens with one attached hydrogen (secondary N) is 1. The van der Waals surface area contributed by atoms with E-state index in [9.17, 15) is 0 Å². The van der Waals surface area contributed by atoms with Gasteiger partial charge in [0.15, 0.2) is 0 Å². The number of methoxy groups -OCH3 is 1. The minimum absolute atomic E-state index is 0.688. The highest BCUT2D eigenvalue weighted by atomic mass is 16.5. The molecule has 0 radical (unpaired) electrons. The van der Waals surface area contributed by atoms with Crippen molar-refractivity contribution in [1.29, 1.82) is 0 Å². The lowest BCUT2D eigenvalue weighted by atomic mass is 10.1. The van der Waals surface area contributed by atoms with Gasteiger partial charge in [-0.2, -0.15) is 0 Å². The highest BCUT2D eigenvalue weighted by Gasteiger charge is 2.06.